The van der Waals surface area contributed by atoms with Gasteiger partial charge in [0.25, 0.3) is 0 Å². The van der Waals surface area contributed by atoms with Crippen molar-refractivity contribution in [3.63, 3.8) is 0 Å². The summed E-state index contributed by atoms with van der Waals surface area (Å²) in [6.45, 7) is 8.86. The van der Waals surface area contributed by atoms with Crippen LogP contribution in [0.4, 0.5) is 5.69 Å². The molecule has 2 aliphatic carbocycles. The Kier molecular flexibility index (Phi) is 10.4. The van der Waals surface area contributed by atoms with Gasteiger partial charge in [-0.15, -0.1) is 0 Å². The number of ketones is 2. The Balaban J connectivity index is 1.64. The second-order valence-corrected chi connectivity index (χ2v) is 11.6. The van der Waals surface area contributed by atoms with E-state index in [2.05, 4.69) is 35.8 Å². The maximum absolute atomic E-state index is 13.9. The molecule has 0 unspecified atom stereocenters. The monoisotopic (exact) mass is 564 g/mol. The standard InChI is InChI=1S/C33H48N4O4/c1-8-25-27(30(38)15-14-26-31(39)18-22(3)19-32(26)41-7)20-29-28(21-34-36(29)5)33(25)37(9-2)24-12-10-23(11-13-24)35(4)16-17-40-6/h19-21,23-24H,8-18H2,1-7H3. The lowest BCUT2D eigenvalue weighted by atomic mass is 9.87. The molecule has 0 saturated heterocycles. The SMILES string of the molecule is CCc1c(C(=O)CCC2=C(OC)C=C(C)CC2=O)cc2c(cnn2C)c1N(CC)C1CCC(N(C)CCOC)CC1. The van der Waals surface area contributed by atoms with Crippen LogP contribution in [0.1, 0.15) is 81.6 Å². The highest BCUT2D eigenvalue weighted by atomic mass is 16.5. The number of likely N-dealkylation sites (N-methyl/N-ethyl adjacent to an activating group) is 1. The lowest BCUT2D eigenvalue weighted by molar-refractivity contribution is -0.115. The molecule has 224 valence electrons. The van der Waals surface area contributed by atoms with Gasteiger partial charge in [0, 0.05) is 68.7 Å². The van der Waals surface area contributed by atoms with Crippen molar-refractivity contribution in [1.82, 2.24) is 14.7 Å². The van der Waals surface area contributed by atoms with Crippen LogP contribution in [0, 0.1) is 0 Å². The minimum Gasteiger partial charge on any atom is -0.496 e. The summed E-state index contributed by atoms with van der Waals surface area (Å²) in [6.07, 6.45) is 10.2. The Labute approximate surface area is 245 Å². The fourth-order valence-corrected chi connectivity index (χ4v) is 6.75. The van der Waals surface area contributed by atoms with Crippen molar-refractivity contribution in [2.75, 3.05) is 45.9 Å². The number of aromatic nitrogens is 2. The number of methoxy groups -OCH3 is 2. The van der Waals surface area contributed by atoms with Crippen molar-refractivity contribution in [1.29, 1.82) is 0 Å². The quantitative estimate of drug-likeness (QED) is 0.292. The number of nitrogens with zero attached hydrogens (tertiary/aromatic N) is 4. The molecule has 0 amide bonds. The number of aryl methyl sites for hydroxylation is 1. The molecule has 0 aliphatic heterocycles. The van der Waals surface area contributed by atoms with Gasteiger partial charge in [-0.2, -0.15) is 5.10 Å². The van der Waals surface area contributed by atoms with E-state index in [0.717, 1.165) is 85.1 Å². The number of carbonyl (C=O) groups is 2. The summed E-state index contributed by atoms with van der Waals surface area (Å²) in [7, 11) is 7.49. The normalized spacial score (nSPS) is 19.7. The van der Waals surface area contributed by atoms with Crippen molar-refractivity contribution >= 4 is 28.2 Å². The Morgan fingerprint density at radius 1 is 1.15 bits per heavy atom. The van der Waals surface area contributed by atoms with Crippen molar-refractivity contribution in [3.05, 3.63) is 46.4 Å². The number of benzene rings is 1. The number of fused-ring (bicyclic) bond motifs is 1. The van der Waals surface area contributed by atoms with Gasteiger partial charge in [-0.05, 0) is 77.1 Å². The van der Waals surface area contributed by atoms with Crippen LogP contribution in [-0.2, 0) is 27.7 Å². The van der Waals surface area contributed by atoms with E-state index < -0.39 is 0 Å². The zero-order chi connectivity index (χ0) is 29.7. The van der Waals surface area contributed by atoms with Gasteiger partial charge in [0.15, 0.2) is 11.6 Å². The Morgan fingerprint density at radius 3 is 2.49 bits per heavy atom. The summed E-state index contributed by atoms with van der Waals surface area (Å²) in [5.41, 5.74) is 5.56. The van der Waals surface area contributed by atoms with Crippen LogP contribution < -0.4 is 4.90 Å². The Hall–Kier alpha value is -2.97. The number of rotatable bonds is 13. The number of hydrogen-bond acceptors (Lipinski definition) is 7. The number of carbonyl (C=O) groups excluding carboxylic acids is 2. The average molecular weight is 565 g/mol. The third kappa shape index (κ3) is 6.59. The third-order valence-corrected chi connectivity index (χ3v) is 9.06. The molecular formula is C33H48N4O4. The smallest absolute Gasteiger partial charge is 0.166 e. The molecule has 0 radical (unpaired) electrons. The molecule has 1 heterocycles. The maximum atomic E-state index is 13.9. The van der Waals surface area contributed by atoms with E-state index in [1.807, 2.05) is 37.0 Å². The zero-order valence-electron chi connectivity index (χ0n) is 26.1. The average Bonchev–Trinajstić information content (AvgIpc) is 3.35. The fourth-order valence-electron chi connectivity index (χ4n) is 6.75. The van der Waals surface area contributed by atoms with Crippen molar-refractivity contribution in [2.45, 2.75) is 84.2 Å². The third-order valence-electron chi connectivity index (χ3n) is 9.06. The van der Waals surface area contributed by atoms with E-state index in [9.17, 15) is 9.59 Å². The van der Waals surface area contributed by atoms with Gasteiger partial charge in [-0.1, -0.05) is 12.5 Å². The van der Waals surface area contributed by atoms with Crippen LogP contribution in [0.5, 0.6) is 0 Å². The van der Waals surface area contributed by atoms with E-state index in [4.69, 9.17) is 9.47 Å². The van der Waals surface area contributed by atoms with Crippen LogP contribution >= 0.6 is 0 Å². The Bertz CT molecular complexity index is 1320. The molecule has 41 heavy (non-hydrogen) atoms. The first-order valence-corrected chi connectivity index (χ1v) is 15.2. The van der Waals surface area contributed by atoms with Crippen LogP contribution in [-0.4, -0.2) is 79.3 Å². The highest BCUT2D eigenvalue weighted by Gasteiger charge is 2.31. The van der Waals surface area contributed by atoms with Gasteiger partial charge in [0.1, 0.15) is 5.76 Å². The molecule has 1 fully saturated rings. The second-order valence-electron chi connectivity index (χ2n) is 11.6. The lowest BCUT2D eigenvalue weighted by Gasteiger charge is -2.41. The van der Waals surface area contributed by atoms with Gasteiger partial charge in [-0.3, -0.25) is 14.3 Å². The van der Waals surface area contributed by atoms with Crippen LogP contribution in [0.3, 0.4) is 0 Å². The van der Waals surface area contributed by atoms with Gasteiger partial charge >= 0.3 is 0 Å². The first-order valence-electron chi connectivity index (χ1n) is 15.2. The minimum absolute atomic E-state index is 0.0498. The highest BCUT2D eigenvalue weighted by Crippen LogP contribution is 2.39. The molecule has 2 aliphatic rings. The van der Waals surface area contributed by atoms with E-state index in [-0.39, 0.29) is 18.0 Å². The summed E-state index contributed by atoms with van der Waals surface area (Å²) < 4.78 is 12.7. The molecule has 4 rings (SSSR count). The van der Waals surface area contributed by atoms with E-state index in [0.29, 0.717) is 36.3 Å². The summed E-state index contributed by atoms with van der Waals surface area (Å²) in [5.74, 6) is 0.701. The number of allylic oxidation sites excluding steroid dienone is 3. The van der Waals surface area contributed by atoms with E-state index >= 15 is 0 Å². The number of anilines is 1. The molecule has 0 spiro atoms. The summed E-state index contributed by atoms with van der Waals surface area (Å²) >= 11 is 0. The fraction of sp³-hybridized carbons (Fsp3) is 0.606. The molecule has 1 aromatic carbocycles. The van der Waals surface area contributed by atoms with Gasteiger partial charge in [0.2, 0.25) is 0 Å². The van der Waals surface area contributed by atoms with Gasteiger partial charge in [-0.25, -0.2) is 0 Å². The lowest BCUT2D eigenvalue weighted by Crippen LogP contribution is -2.44. The first-order chi connectivity index (χ1) is 19.7. The van der Waals surface area contributed by atoms with Crippen molar-refractivity contribution < 1.29 is 19.1 Å². The molecule has 8 nitrogen and oxygen atoms in total. The number of hydrogen-bond donors (Lipinski definition) is 0. The molecule has 0 bridgehead atoms. The molecule has 8 heteroatoms. The van der Waals surface area contributed by atoms with Crippen LogP contribution in [0.25, 0.3) is 10.9 Å². The predicted molar refractivity (Wildman–Crippen MR) is 165 cm³/mol. The van der Waals surface area contributed by atoms with E-state index in [1.54, 1.807) is 14.2 Å². The summed E-state index contributed by atoms with van der Waals surface area (Å²) in [4.78, 5) is 31.7. The predicted octanol–water partition coefficient (Wildman–Crippen LogP) is 5.63. The second kappa shape index (κ2) is 13.8. The van der Waals surface area contributed by atoms with Crippen LogP contribution in [0.15, 0.2) is 35.2 Å². The number of Topliss-reactive ketones (excluding diaryl/α,β-unsaturated/α-hetero) is 2. The summed E-state index contributed by atoms with van der Waals surface area (Å²) in [5, 5.41) is 5.71. The molecule has 0 N–H and O–H groups in total. The van der Waals surface area contributed by atoms with Gasteiger partial charge in [0.05, 0.1) is 31.1 Å². The van der Waals surface area contributed by atoms with Gasteiger partial charge < -0.3 is 19.3 Å². The van der Waals surface area contributed by atoms with Crippen LogP contribution in [0.2, 0.25) is 0 Å². The number of ether oxygens (including phenoxy) is 2. The zero-order valence-corrected chi connectivity index (χ0v) is 26.1. The summed E-state index contributed by atoms with van der Waals surface area (Å²) in [6, 6.07) is 3.00. The highest BCUT2D eigenvalue weighted by molar-refractivity contribution is 6.07. The first kappa shape index (κ1) is 31.0. The molecule has 2 aromatic rings. The largest absolute Gasteiger partial charge is 0.496 e. The van der Waals surface area contributed by atoms with Crippen molar-refractivity contribution in [2.24, 2.45) is 7.05 Å². The molecule has 0 atom stereocenters. The van der Waals surface area contributed by atoms with Crippen molar-refractivity contribution in [3.8, 4) is 0 Å². The molecular weight excluding hydrogens is 516 g/mol. The Morgan fingerprint density at radius 2 is 1.85 bits per heavy atom. The maximum Gasteiger partial charge on any atom is 0.166 e. The topological polar surface area (TPSA) is 76.9 Å². The molecule has 1 aromatic heterocycles. The molecule has 1 saturated carbocycles. The van der Waals surface area contributed by atoms with E-state index in [1.165, 1.54) is 0 Å². The minimum atomic E-state index is 0.0498.